The minimum absolute atomic E-state index is 0.00280. The van der Waals surface area contributed by atoms with Gasteiger partial charge < -0.3 is 15.0 Å². The Morgan fingerprint density at radius 1 is 1.35 bits per heavy atom. The number of likely N-dealkylation sites (tertiary alicyclic amines) is 1. The van der Waals surface area contributed by atoms with E-state index in [2.05, 4.69) is 12.2 Å². The molecule has 1 aliphatic rings. The molecule has 1 saturated heterocycles. The van der Waals surface area contributed by atoms with E-state index in [0.717, 1.165) is 30.6 Å². The summed E-state index contributed by atoms with van der Waals surface area (Å²) < 4.78 is 5.32. The van der Waals surface area contributed by atoms with Crippen molar-refractivity contribution in [1.29, 1.82) is 0 Å². The number of hydrogen-bond donors (Lipinski definition) is 1. The molecule has 5 nitrogen and oxygen atoms in total. The van der Waals surface area contributed by atoms with E-state index < -0.39 is 0 Å². The molecule has 1 aromatic carbocycles. The van der Waals surface area contributed by atoms with Gasteiger partial charge in [0.15, 0.2) is 0 Å². The van der Waals surface area contributed by atoms with Crippen LogP contribution in [0, 0.1) is 5.92 Å². The molecule has 1 fully saturated rings. The number of para-hydroxylation sites is 1. The Morgan fingerprint density at radius 2 is 2.13 bits per heavy atom. The molecule has 0 saturated carbocycles. The van der Waals surface area contributed by atoms with E-state index in [1.54, 1.807) is 12.0 Å². The van der Waals surface area contributed by atoms with Crippen molar-refractivity contribution in [3.63, 3.8) is 0 Å². The molecular formula is C18H26N2O3. The first-order valence-electron chi connectivity index (χ1n) is 8.33. The van der Waals surface area contributed by atoms with Crippen molar-refractivity contribution < 1.29 is 14.3 Å². The lowest BCUT2D eigenvalue weighted by molar-refractivity contribution is -0.129. The minimum atomic E-state index is -0.237. The predicted octanol–water partition coefficient (Wildman–Crippen LogP) is 2.35. The number of carbonyl (C=O) groups excluding carboxylic acids is 2. The van der Waals surface area contributed by atoms with Gasteiger partial charge in [-0.2, -0.15) is 0 Å². The van der Waals surface area contributed by atoms with Crippen molar-refractivity contribution in [3.05, 3.63) is 29.8 Å². The van der Waals surface area contributed by atoms with Crippen molar-refractivity contribution in [2.45, 2.75) is 39.2 Å². The molecule has 0 radical (unpaired) electrons. The first-order valence-corrected chi connectivity index (χ1v) is 8.33. The van der Waals surface area contributed by atoms with E-state index in [-0.39, 0.29) is 17.7 Å². The van der Waals surface area contributed by atoms with E-state index in [1.165, 1.54) is 0 Å². The number of carbonyl (C=O) groups is 2. The topological polar surface area (TPSA) is 58.6 Å². The van der Waals surface area contributed by atoms with Gasteiger partial charge in [-0.1, -0.05) is 38.0 Å². The Balaban J connectivity index is 1.88. The average molecular weight is 318 g/mol. The van der Waals surface area contributed by atoms with Crippen LogP contribution >= 0.6 is 0 Å². The normalized spacial score (nSPS) is 17.4. The molecule has 2 amide bonds. The van der Waals surface area contributed by atoms with Gasteiger partial charge in [0.1, 0.15) is 5.75 Å². The molecule has 5 heteroatoms. The summed E-state index contributed by atoms with van der Waals surface area (Å²) in [5.41, 5.74) is 0.965. The zero-order valence-corrected chi connectivity index (χ0v) is 14.0. The molecule has 1 aromatic rings. The second-order valence-corrected chi connectivity index (χ2v) is 5.99. The maximum Gasteiger partial charge on any atom is 0.225 e. The molecule has 0 spiro atoms. The molecule has 1 aliphatic heterocycles. The number of rotatable bonds is 8. The molecule has 1 unspecified atom stereocenters. The van der Waals surface area contributed by atoms with Gasteiger partial charge in [0.05, 0.1) is 13.0 Å². The Morgan fingerprint density at radius 3 is 2.87 bits per heavy atom. The monoisotopic (exact) mass is 318 g/mol. The van der Waals surface area contributed by atoms with E-state index >= 15 is 0 Å². The highest BCUT2D eigenvalue weighted by molar-refractivity contribution is 5.89. The van der Waals surface area contributed by atoms with Crippen LogP contribution in [0.15, 0.2) is 24.3 Å². The van der Waals surface area contributed by atoms with Crippen molar-refractivity contribution in [1.82, 2.24) is 10.2 Å². The van der Waals surface area contributed by atoms with Crippen molar-refractivity contribution in [3.8, 4) is 5.75 Å². The zero-order chi connectivity index (χ0) is 16.7. The lowest BCUT2D eigenvalue weighted by atomic mass is 10.1. The van der Waals surface area contributed by atoms with Crippen LogP contribution in [0.4, 0.5) is 0 Å². The van der Waals surface area contributed by atoms with E-state index in [0.29, 0.717) is 26.1 Å². The minimum Gasteiger partial charge on any atom is -0.496 e. The van der Waals surface area contributed by atoms with Crippen LogP contribution in [0.1, 0.15) is 38.2 Å². The van der Waals surface area contributed by atoms with Gasteiger partial charge in [-0.05, 0) is 12.5 Å². The first kappa shape index (κ1) is 17.3. The summed E-state index contributed by atoms with van der Waals surface area (Å²) in [6.45, 7) is 3.80. The van der Waals surface area contributed by atoms with Crippen LogP contribution in [-0.2, 0) is 16.1 Å². The van der Waals surface area contributed by atoms with Crippen molar-refractivity contribution in [2.75, 3.05) is 20.2 Å². The maximum absolute atomic E-state index is 12.2. The average Bonchev–Trinajstić information content (AvgIpc) is 2.93. The summed E-state index contributed by atoms with van der Waals surface area (Å²) in [5.74, 6) is 0.563. The van der Waals surface area contributed by atoms with E-state index in [1.807, 2.05) is 24.3 Å². The lowest BCUT2D eigenvalue weighted by Gasteiger charge is -2.18. The highest BCUT2D eigenvalue weighted by Gasteiger charge is 2.34. The molecular weight excluding hydrogens is 292 g/mol. The molecule has 0 aliphatic carbocycles. The smallest absolute Gasteiger partial charge is 0.225 e. The van der Waals surface area contributed by atoms with Gasteiger partial charge >= 0.3 is 0 Å². The van der Waals surface area contributed by atoms with Gasteiger partial charge in [0, 0.05) is 31.6 Å². The summed E-state index contributed by atoms with van der Waals surface area (Å²) in [7, 11) is 1.62. The van der Waals surface area contributed by atoms with Crippen molar-refractivity contribution in [2.24, 2.45) is 5.92 Å². The second kappa shape index (κ2) is 8.56. The van der Waals surface area contributed by atoms with Crippen LogP contribution in [0.25, 0.3) is 0 Å². The first-order chi connectivity index (χ1) is 11.2. The highest BCUT2D eigenvalue weighted by Crippen LogP contribution is 2.24. The quantitative estimate of drug-likeness (QED) is 0.749. The van der Waals surface area contributed by atoms with Crippen LogP contribution in [-0.4, -0.2) is 36.9 Å². The molecule has 126 valence electrons. The molecule has 0 bridgehead atoms. The van der Waals surface area contributed by atoms with Crippen LogP contribution < -0.4 is 10.1 Å². The summed E-state index contributed by atoms with van der Waals surface area (Å²) >= 11 is 0. The summed E-state index contributed by atoms with van der Waals surface area (Å²) in [5, 5.41) is 2.94. The maximum atomic E-state index is 12.2. The number of hydrogen-bond acceptors (Lipinski definition) is 3. The van der Waals surface area contributed by atoms with Gasteiger partial charge in [-0.15, -0.1) is 0 Å². The van der Waals surface area contributed by atoms with Gasteiger partial charge in [0.2, 0.25) is 11.8 Å². The standard InChI is InChI=1S/C18H26N2O3/c1-3-4-7-10-19-18(22)15-11-17(21)20(13-15)12-14-8-5-6-9-16(14)23-2/h5-6,8-9,15H,3-4,7,10-13H2,1-2H3,(H,19,22). The summed E-state index contributed by atoms with van der Waals surface area (Å²) in [6, 6.07) is 7.66. The molecule has 1 heterocycles. The molecule has 1 N–H and O–H groups in total. The van der Waals surface area contributed by atoms with Crippen LogP contribution in [0.5, 0.6) is 5.75 Å². The number of amides is 2. The van der Waals surface area contributed by atoms with Gasteiger partial charge in [-0.25, -0.2) is 0 Å². The van der Waals surface area contributed by atoms with Crippen molar-refractivity contribution >= 4 is 11.8 Å². The SMILES string of the molecule is CCCCCNC(=O)C1CC(=O)N(Cc2ccccc2OC)C1. The summed E-state index contributed by atoms with van der Waals surface area (Å²) in [4.78, 5) is 26.1. The Kier molecular flexibility index (Phi) is 6.44. The number of nitrogens with one attached hydrogen (secondary N) is 1. The molecule has 23 heavy (non-hydrogen) atoms. The molecule has 2 rings (SSSR count). The summed E-state index contributed by atoms with van der Waals surface area (Å²) in [6.07, 6.45) is 3.54. The van der Waals surface area contributed by atoms with Gasteiger partial charge in [0.25, 0.3) is 0 Å². The van der Waals surface area contributed by atoms with Crippen LogP contribution in [0.3, 0.4) is 0 Å². The van der Waals surface area contributed by atoms with Gasteiger partial charge in [-0.3, -0.25) is 9.59 Å². The number of nitrogens with zero attached hydrogens (tertiary/aromatic N) is 1. The lowest BCUT2D eigenvalue weighted by Crippen LogP contribution is -2.33. The third kappa shape index (κ3) is 4.71. The largest absolute Gasteiger partial charge is 0.496 e. The number of ether oxygens (including phenoxy) is 1. The van der Waals surface area contributed by atoms with E-state index in [9.17, 15) is 9.59 Å². The van der Waals surface area contributed by atoms with E-state index in [4.69, 9.17) is 4.74 Å². The number of unbranched alkanes of at least 4 members (excludes halogenated alkanes) is 2. The van der Waals surface area contributed by atoms with Crippen LogP contribution in [0.2, 0.25) is 0 Å². The molecule has 0 aromatic heterocycles. The third-order valence-corrected chi connectivity index (χ3v) is 4.22. The fourth-order valence-electron chi connectivity index (χ4n) is 2.87. The predicted molar refractivity (Wildman–Crippen MR) is 89.1 cm³/mol. The fourth-order valence-corrected chi connectivity index (χ4v) is 2.87. The number of benzene rings is 1. The zero-order valence-electron chi connectivity index (χ0n) is 14.0. The third-order valence-electron chi connectivity index (χ3n) is 4.22. The second-order valence-electron chi connectivity index (χ2n) is 5.99. The fraction of sp³-hybridized carbons (Fsp3) is 0.556. The Labute approximate surface area is 138 Å². The Hall–Kier alpha value is -2.04. The number of methoxy groups -OCH3 is 1. The highest BCUT2D eigenvalue weighted by atomic mass is 16.5. The Bertz CT molecular complexity index is 545. The molecule has 1 atom stereocenters.